The first-order chi connectivity index (χ1) is 8.34. The number of nitrogens with one attached hydrogen (secondary N) is 1. The summed E-state index contributed by atoms with van der Waals surface area (Å²) in [7, 11) is 2.11. The molecular weight excluding hydrogens is 210 g/mol. The lowest BCUT2D eigenvalue weighted by Gasteiger charge is -2.28. The Morgan fingerprint density at radius 1 is 1.29 bits per heavy atom. The number of nitrogens with zero attached hydrogens (tertiary/aromatic N) is 2. The quantitative estimate of drug-likeness (QED) is 0.867. The van der Waals surface area contributed by atoms with Crippen molar-refractivity contribution in [3.05, 3.63) is 17.5 Å². The van der Waals surface area contributed by atoms with Crippen LogP contribution in [0.4, 0.5) is 0 Å². The first-order valence-electron chi connectivity index (χ1n) is 7.06. The lowest BCUT2D eigenvalue weighted by atomic mass is 9.79. The standard InChI is InChI=1S/C14H23N3/c1-17-14(9-11-5-7-15-8-6-11)13(10-16-17)12-3-2-4-12/h10-12,15H,2-9H2,1H3. The molecule has 3 nitrogen and oxygen atoms in total. The van der Waals surface area contributed by atoms with Gasteiger partial charge in [-0.1, -0.05) is 6.42 Å². The van der Waals surface area contributed by atoms with E-state index in [4.69, 9.17) is 0 Å². The van der Waals surface area contributed by atoms with Gasteiger partial charge in [-0.15, -0.1) is 0 Å². The van der Waals surface area contributed by atoms with E-state index in [1.165, 1.54) is 57.3 Å². The van der Waals surface area contributed by atoms with Gasteiger partial charge >= 0.3 is 0 Å². The number of rotatable bonds is 3. The third-order valence-electron chi connectivity index (χ3n) is 4.58. The minimum Gasteiger partial charge on any atom is -0.317 e. The number of aromatic nitrogens is 2. The molecule has 94 valence electrons. The Morgan fingerprint density at radius 3 is 2.71 bits per heavy atom. The lowest BCUT2D eigenvalue weighted by molar-refractivity contribution is 0.360. The Hall–Kier alpha value is -0.830. The smallest absolute Gasteiger partial charge is 0.0527 e. The summed E-state index contributed by atoms with van der Waals surface area (Å²) in [5.74, 6) is 1.69. The molecule has 1 saturated heterocycles. The highest BCUT2D eigenvalue weighted by Crippen LogP contribution is 2.38. The first kappa shape index (κ1) is 11.3. The average molecular weight is 233 g/mol. The van der Waals surface area contributed by atoms with Crippen LogP contribution in [-0.4, -0.2) is 22.9 Å². The fourth-order valence-electron chi connectivity index (χ4n) is 3.15. The minimum atomic E-state index is 0.820. The van der Waals surface area contributed by atoms with E-state index in [1.807, 2.05) is 0 Å². The van der Waals surface area contributed by atoms with Crippen LogP contribution in [0.1, 0.15) is 49.3 Å². The highest BCUT2D eigenvalue weighted by molar-refractivity contribution is 5.25. The van der Waals surface area contributed by atoms with Crippen LogP contribution in [0.25, 0.3) is 0 Å². The van der Waals surface area contributed by atoms with Gasteiger partial charge in [-0.2, -0.15) is 5.10 Å². The number of aryl methyl sites for hydroxylation is 1. The van der Waals surface area contributed by atoms with Gasteiger partial charge in [0, 0.05) is 12.7 Å². The molecule has 1 aromatic heterocycles. The molecule has 17 heavy (non-hydrogen) atoms. The molecule has 3 rings (SSSR count). The molecule has 2 aliphatic rings. The van der Waals surface area contributed by atoms with E-state index in [0.29, 0.717) is 0 Å². The molecule has 2 heterocycles. The fraction of sp³-hybridized carbons (Fsp3) is 0.786. The van der Waals surface area contributed by atoms with Crippen LogP contribution in [0, 0.1) is 5.92 Å². The molecule has 1 saturated carbocycles. The molecule has 1 aliphatic heterocycles. The molecule has 0 aromatic carbocycles. The topological polar surface area (TPSA) is 29.9 Å². The third-order valence-corrected chi connectivity index (χ3v) is 4.58. The zero-order chi connectivity index (χ0) is 11.7. The van der Waals surface area contributed by atoms with Crippen molar-refractivity contribution in [3.63, 3.8) is 0 Å². The molecule has 1 N–H and O–H groups in total. The Bertz CT molecular complexity index is 373. The van der Waals surface area contributed by atoms with Gasteiger partial charge in [0.1, 0.15) is 0 Å². The van der Waals surface area contributed by atoms with Gasteiger partial charge in [0.2, 0.25) is 0 Å². The van der Waals surface area contributed by atoms with Crippen LogP contribution in [0.15, 0.2) is 6.20 Å². The van der Waals surface area contributed by atoms with E-state index >= 15 is 0 Å². The summed E-state index contributed by atoms with van der Waals surface area (Å²) in [4.78, 5) is 0. The van der Waals surface area contributed by atoms with Gasteiger partial charge in [-0.05, 0) is 62.6 Å². The number of piperidine rings is 1. The molecule has 0 spiro atoms. The first-order valence-corrected chi connectivity index (χ1v) is 7.06. The normalized spacial score (nSPS) is 22.6. The SMILES string of the molecule is Cn1ncc(C2CCC2)c1CC1CCNCC1. The predicted molar refractivity (Wildman–Crippen MR) is 69.1 cm³/mol. The van der Waals surface area contributed by atoms with Gasteiger partial charge in [0.25, 0.3) is 0 Å². The van der Waals surface area contributed by atoms with E-state index in [9.17, 15) is 0 Å². The maximum Gasteiger partial charge on any atom is 0.0527 e. The van der Waals surface area contributed by atoms with Crippen LogP contribution < -0.4 is 5.32 Å². The van der Waals surface area contributed by atoms with E-state index in [0.717, 1.165) is 11.8 Å². The fourth-order valence-corrected chi connectivity index (χ4v) is 3.15. The molecule has 1 aromatic rings. The molecule has 0 amide bonds. The van der Waals surface area contributed by atoms with Crippen LogP contribution in [0.3, 0.4) is 0 Å². The van der Waals surface area contributed by atoms with Crippen molar-refractivity contribution in [2.75, 3.05) is 13.1 Å². The van der Waals surface area contributed by atoms with Crippen molar-refractivity contribution in [3.8, 4) is 0 Å². The van der Waals surface area contributed by atoms with Gasteiger partial charge in [0.05, 0.1) is 6.20 Å². The summed E-state index contributed by atoms with van der Waals surface area (Å²) in [6, 6.07) is 0. The second kappa shape index (κ2) is 4.81. The Labute approximate surface area is 104 Å². The molecule has 0 radical (unpaired) electrons. The van der Waals surface area contributed by atoms with Crippen molar-refractivity contribution in [1.82, 2.24) is 15.1 Å². The Morgan fingerprint density at radius 2 is 2.06 bits per heavy atom. The molecule has 0 atom stereocenters. The van der Waals surface area contributed by atoms with Crippen LogP contribution >= 0.6 is 0 Å². The van der Waals surface area contributed by atoms with Gasteiger partial charge in [0.15, 0.2) is 0 Å². The van der Waals surface area contributed by atoms with Gasteiger partial charge < -0.3 is 5.32 Å². The Balaban J connectivity index is 1.73. The van der Waals surface area contributed by atoms with Gasteiger partial charge in [-0.3, -0.25) is 4.68 Å². The maximum atomic E-state index is 4.49. The van der Waals surface area contributed by atoms with E-state index in [2.05, 4.69) is 28.3 Å². The summed E-state index contributed by atoms with van der Waals surface area (Å²) < 4.78 is 2.12. The lowest BCUT2D eigenvalue weighted by Crippen LogP contribution is -2.29. The average Bonchev–Trinajstić information content (AvgIpc) is 2.61. The van der Waals surface area contributed by atoms with E-state index < -0.39 is 0 Å². The zero-order valence-corrected chi connectivity index (χ0v) is 10.8. The summed E-state index contributed by atoms with van der Waals surface area (Å²) in [6.45, 7) is 2.39. The van der Waals surface area contributed by atoms with Crippen LogP contribution in [0.5, 0.6) is 0 Å². The van der Waals surface area contributed by atoms with E-state index in [-0.39, 0.29) is 0 Å². The second-order valence-electron chi connectivity index (χ2n) is 5.70. The van der Waals surface area contributed by atoms with Crippen molar-refractivity contribution in [1.29, 1.82) is 0 Å². The van der Waals surface area contributed by atoms with Crippen molar-refractivity contribution in [2.24, 2.45) is 13.0 Å². The van der Waals surface area contributed by atoms with Crippen LogP contribution in [-0.2, 0) is 13.5 Å². The monoisotopic (exact) mass is 233 g/mol. The summed E-state index contributed by atoms with van der Waals surface area (Å²) in [6.07, 6.45) is 10.2. The van der Waals surface area contributed by atoms with Crippen molar-refractivity contribution in [2.45, 2.75) is 44.4 Å². The molecular formula is C14H23N3. The molecule has 2 fully saturated rings. The van der Waals surface area contributed by atoms with Gasteiger partial charge in [-0.25, -0.2) is 0 Å². The largest absolute Gasteiger partial charge is 0.317 e. The summed E-state index contributed by atoms with van der Waals surface area (Å²) in [5.41, 5.74) is 3.07. The molecule has 3 heteroatoms. The third kappa shape index (κ3) is 2.25. The second-order valence-corrected chi connectivity index (χ2v) is 5.70. The van der Waals surface area contributed by atoms with Crippen LogP contribution in [0.2, 0.25) is 0 Å². The molecule has 0 unspecified atom stereocenters. The molecule has 0 bridgehead atoms. The predicted octanol–water partition coefficient (Wildman–Crippen LogP) is 2.23. The van der Waals surface area contributed by atoms with E-state index in [1.54, 1.807) is 5.56 Å². The molecule has 1 aliphatic carbocycles. The van der Waals surface area contributed by atoms with Crippen molar-refractivity contribution >= 4 is 0 Å². The number of hydrogen-bond acceptors (Lipinski definition) is 2. The zero-order valence-electron chi connectivity index (χ0n) is 10.8. The van der Waals surface area contributed by atoms with Crippen molar-refractivity contribution < 1.29 is 0 Å². The summed E-state index contributed by atoms with van der Waals surface area (Å²) in [5, 5.41) is 7.93. The number of hydrogen-bond donors (Lipinski definition) is 1. The highest BCUT2D eigenvalue weighted by Gasteiger charge is 2.26. The Kier molecular flexibility index (Phi) is 3.19. The highest BCUT2D eigenvalue weighted by atomic mass is 15.3. The minimum absolute atomic E-state index is 0.820. The summed E-state index contributed by atoms with van der Waals surface area (Å²) >= 11 is 0. The maximum absolute atomic E-state index is 4.49.